The standard InChI is InChI=1S/C19H30N4S/c1-20-19(21-13-18(15-4-5-15)16-6-7-16)23-10-8-22(9-11-23)14-17-3-2-12-24-17/h2-3,12,15-16,18H,4-11,13-14H2,1H3,(H,20,21). The van der Waals surface area contributed by atoms with E-state index >= 15 is 0 Å². The molecule has 2 saturated carbocycles. The van der Waals surface area contributed by atoms with Gasteiger partial charge in [-0.3, -0.25) is 9.89 Å². The third kappa shape index (κ3) is 4.12. The summed E-state index contributed by atoms with van der Waals surface area (Å²) in [6.45, 7) is 6.67. The molecule has 1 aliphatic heterocycles. The molecule has 4 rings (SSSR count). The van der Waals surface area contributed by atoms with Crippen molar-refractivity contribution < 1.29 is 0 Å². The molecule has 1 aromatic heterocycles. The Labute approximate surface area is 149 Å². The number of thiophene rings is 1. The highest BCUT2D eigenvalue weighted by Crippen LogP contribution is 2.48. The number of guanidine groups is 1. The SMILES string of the molecule is CN=C(NCC(C1CC1)C1CC1)N1CCN(Cc2cccs2)CC1. The molecular formula is C19H30N4S. The quantitative estimate of drug-likeness (QED) is 0.635. The first-order chi connectivity index (χ1) is 11.8. The molecule has 0 atom stereocenters. The highest BCUT2D eigenvalue weighted by Gasteiger charge is 2.41. The van der Waals surface area contributed by atoms with E-state index in [0.29, 0.717) is 0 Å². The third-order valence-corrected chi connectivity index (χ3v) is 6.66. The maximum Gasteiger partial charge on any atom is 0.193 e. The minimum absolute atomic E-state index is 0.905. The highest BCUT2D eigenvalue weighted by atomic mass is 32.1. The third-order valence-electron chi connectivity index (χ3n) is 5.79. The van der Waals surface area contributed by atoms with E-state index in [1.54, 1.807) is 0 Å². The van der Waals surface area contributed by atoms with Crippen molar-refractivity contribution in [2.24, 2.45) is 22.7 Å². The first-order valence-corrected chi connectivity index (χ1v) is 10.4. The van der Waals surface area contributed by atoms with Crippen LogP contribution in [0.5, 0.6) is 0 Å². The van der Waals surface area contributed by atoms with E-state index in [4.69, 9.17) is 0 Å². The van der Waals surface area contributed by atoms with Gasteiger partial charge in [0, 0.05) is 51.2 Å². The van der Waals surface area contributed by atoms with Crippen LogP contribution in [0.25, 0.3) is 0 Å². The van der Waals surface area contributed by atoms with Crippen LogP contribution in [0, 0.1) is 17.8 Å². The second kappa shape index (κ2) is 7.44. The Morgan fingerprint density at radius 2 is 1.92 bits per heavy atom. The van der Waals surface area contributed by atoms with Gasteiger partial charge in [-0.05, 0) is 54.9 Å². The number of hydrogen-bond acceptors (Lipinski definition) is 3. The number of rotatable bonds is 6. The summed E-state index contributed by atoms with van der Waals surface area (Å²) < 4.78 is 0. The lowest BCUT2D eigenvalue weighted by Gasteiger charge is -2.36. The smallest absolute Gasteiger partial charge is 0.193 e. The van der Waals surface area contributed by atoms with Crippen LogP contribution in [-0.4, -0.2) is 55.5 Å². The minimum Gasteiger partial charge on any atom is -0.356 e. The Hall–Kier alpha value is -1.07. The first-order valence-electron chi connectivity index (χ1n) is 9.54. The van der Waals surface area contributed by atoms with Crippen molar-refractivity contribution in [2.45, 2.75) is 32.2 Å². The maximum atomic E-state index is 4.56. The lowest BCUT2D eigenvalue weighted by Crippen LogP contribution is -2.52. The van der Waals surface area contributed by atoms with Gasteiger partial charge >= 0.3 is 0 Å². The van der Waals surface area contributed by atoms with Gasteiger partial charge in [0.15, 0.2) is 5.96 Å². The summed E-state index contributed by atoms with van der Waals surface area (Å²) in [7, 11) is 1.93. The van der Waals surface area contributed by atoms with Crippen molar-refractivity contribution in [3.63, 3.8) is 0 Å². The van der Waals surface area contributed by atoms with Crippen LogP contribution in [0.3, 0.4) is 0 Å². The van der Waals surface area contributed by atoms with Gasteiger partial charge in [-0.15, -0.1) is 11.3 Å². The van der Waals surface area contributed by atoms with Crippen molar-refractivity contribution in [2.75, 3.05) is 39.8 Å². The Balaban J connectivity index is 1.24. The molecule has 132 valence electrons. The summed E-state index contributed by atoms with van der Waals surface area (Å²) in [4.78, 5) is 11.0. The summed E-state index contributed by atoms with van der Waals surface area (Å²) in [5, 5.41) is 5.88. The average molecular weight is 347 g/mol. The van der Waals surface area contributed by atoms with Crippen molar-refractivity contribution in [3.8, 4) is 0 Å². The summed E-state index contributed by atoms with van der Waals surface area (Å²) in [5.41, 5.74) is 0. The number of nitrogens with one attached hydrogen (secondary N) is 1. The highest BCUT2D eigenvalue weighted by molar-refractivity contribution is 7.09. The van der Waals surface area contributed by atoms with Gasteiger partial charge in [0.05, 0.1) is 0 Å². The van der Waals surface area contributed by atoms with Crippen LogP contribution in [0.1, 0.15) is 30.6 Å². The van der Waals surface area contributed by atoms with Crippen molar-refractivity contribution in [3.05, 3.63) is 22.4 Å². The summed E-state index contributed by atoms with van der Waals surface area (Å²) in [6, 6.07) is 4.39. The van der Waals surface area contributed by atoms with E-state index in [1.807, 2.05) is 18.4 Å². The fourth-order valence-electron chi connectivity index (χ4n) is 4.05. The Bertz CT molecular complexity index is 528. The zero-order valence-electron chi connectivity index (χ0n) is 14.8. The van der Waals surface area contributed by atoms with Crippen LogP contribution < -0.4 is 5.32 Å². The Kier molecular flexibility index (Phi) is 5.09. The number of piperazine rings is 1. The van der Waals surface area contributed by atoms with E-state index in [2.05, 4.69) is 37.6 Å². The predicted octanol–water partition coefficient (Wildman–Crippen LogP) is 2.88. The van der Waals surface area contributed by atoms with E-state index < -0.39 is 0 Å². The maximum absolute atomic E-state index is 4.56. The topological polar surface area (TPSA) is 30.9 Å². The molecule has 1 aromatic rings. The summed E-state index contributed by atoms with van der Waals surface area (Å²) >= 11 is 1.87. The molecular weight excluding hydrogens is 316 g/mol. The largest absolute Gasteiger partial charge is 0.356 e. The molecule has 0 spiro atoms. The van der Waals surface area contributed by atoms with E-state index in [1.165, 1.54) is 30.6 Å². The molecule has 5 heteroatoms. The Morgan fingerprint density at radius 3 is 2.46 bits per heavy atom. The molecule has 0 aromatic carbocycles. The fourth-order valence-corrected chi connectivity index (χ4v) is 4.80. The van der Waals surface area contributed by atoms with Gasteiger partial charge in [0.1, 0.15) is 0 Å². The summed E-state index contributed by atoms with van der Waals surface area (Å²) in [5.74, 6) is 4.04. The fraction of sp³-hybridized carbons (Fsp3) is 0.737. The van der Waals surface area contributed by atoms with E-state index in [9.17, 15) is 0 Å². The number of nitrogens with zero attached hydrogens (tertiary/aromatic N) is 3. The van der Waals surface area contributed by atoms with Crippen LogP contribution in [0.4, 0.5) is 0 Å². The monoisotopic (exact) mass is 346 g/mol. The van der Waals surface area contributed by atoms with E-state index in [0.717, 1.165) is 63.0 Å². The molecule has 24 heavy (non-hydrogen) atoms. The summed E-state index contributed by atoms with van der Waals surface area (Å²) in [6.07, 6.45) is 5.84. The molecule has 0 amide bonds. The van der Waals surface area contributed by atoms with Gasteiger partial charge < -0.3 is 10.2 Å². The van der Waals surface area contributed by atoms with Crippen molar-refractivity contribution in [1.29, 1.82) is 0 Å². The molecule has 0 bridgehead atoms. The van der Waals surface area contributed by atoms with Gasteiger partial charge in [0.2, 0.25) is 0 Å². The van der Waals surface area contributed by atoms with E-state index in [-0.39, 0.29) is 0 Å². The lowest BCUT2D eigenvalue weighted by atomic mass is 9.98. The van der Waals surface area contributed by atoms with Gasteiger partial charge in [0.25, 0.3) is 0 Å². The normalized spacial score (nSPS) is 23.1. The van der Waals surface area contributed by atoms with Gasteiger partial charge in [-0.1, -0.05) is 6.07 Å². The van der Waals surface area contributed by atoms with Crippen molar-refractivity contribution >= 4 is 17.3 Å². The minimum atomic E-state index is 0.905. The second-order valence-corrected chi connectivity index (χ2v) is 8.64. The zero-order valence-corrected chi connectivity index (χ0v) is 15.6. The molecule has 3 fully saturated rings. The zero-order chi connectivity index (χ0) is 16.4. The lowest BCUT2D eigenvalue weighted by molar-refractivity contribution is 0.173. The van der Waals surface area contributed by atoms with Crippen LogP contribution >= 0.6 is 11.3 Å². The van der Waals surface area contributed by atoms with Crippen LogP contribution in [-0.2, 0) is 6.54 Å². The van der Waals surface area contributed by atoms with Crippen LogP contribution in [0.15, 0.2) is 22.5 Å². The molecule has 2 aliphatic carbocycles. The number of hydrogen-bond donors (Lipinski definition) is 1. The molecule has 2 heterocycles. The Morgan fingerprint density at radius 1 is 1.21 bits per heavy atom. The molecule has 0 unspecified atom stereocenters. The van der Waals surface area contributed by atoms with Gasteiger partial charge in [-0.2, -0.15) is 0 Å². The molecule has 0 radical (unpaired) electrons. The second-order valence-electron chi connectivity index (χ2n) is 7.61. The molecule has 3 aliphatic rings. The molecule has 1 saturated heterocycles. The van der Waals surface area contributed by atoms with Gasteiger partial charge in [-0.25, -0.2) is 0 Å². The number of aliphatic imine (C=N–C) groups is 1. The first kappa shape index (κ1) is 16.4. The predicted molar refractivity (Wildman–Crippen MR) is 101 cm³/mol. The molecule has 1 N–H and O–H groups in total. The average Bonchev–Trinajstić information content (AvgIpc) is 3.54. The van der Waals surface area contributed by atoms with Crippen LogP contribution in [0.2, 0.25) is 0 Å². The van der Waals surface area contributed by atoms with Crippen molar-refractivity contribution in [1.82, 2.24) is 15.1 Å². The molecule has 4 nitrogen and oxygen atoms in total.